The van der Waals surface area contributed by atoms with Crippen LogP contribution in [-0.2, 0) is 0 Å². The average Bonchev–Trinajstić information content (AvgIpc) is 1.95. The summed E-state index contributed by atoms with van der Waals surface area (Å²) in [5, 5.41) is 1.47. The zero-order valence-corrected chi connectivity index (χ0v) is 9.05. The van der Waals surface area contributed by atoms with Crippen LogP contribution in [0.4, 0.5) is 0 Å². The SMILES string of the molecule is Cc1ccc(PCI)cc1. The second-order valence-corrected chi connectivity index (χ2v) is 5.66. The average molecular weight is 264 g/mol. The lowest BCUT2D eigenvalue weighted by Crippen LogP contribution is -1.91. The predicted molar refractivity (Wildman–Crippen MR) is 58.0 cm³/mol. The van der Waals surface area contributed by atoms with E-state index in [0.29, 0.717) is 0 Å². The van der Waals surface area contributed by atoms with Crippen LogP contribution in [0.15, 0.2) is 24.3 Å². The standard InChI is InChI=1S/C8H10IP/c1-7-2-4-8(5-3-7)10-6-9/h2-5,10H,6H2,1H3. The van der Waals surface area contributed by atoms with Crippen LogP contribution < -0.4 is 5.30 Å². The van der Waals surface area contributed by atoms with Gasteiger partial charge in [0.2, 0.25) is 0 Å². The van der Waals surface area contributed by atoms with Crippen molar-refractivity contribution in [3.05, 3.63) is 29.8 Å². The summed E-state index contributed by atoms with van der Waals surface area (Å²) < 4.78 is 1.24. The molecule has 0 aliphatic carbocycles. The van der Waals surface area contributed by atoms with Crippen LogP contribution in [0.25, 0.3) is 0 Å². The van der Waals surface area contributed by atoms with E-state index in [1.165, 1.54) is 15.0 Å². The Morgan fingerprint density at radius 3 is 2.40 bits per heavy atom. The smallest absolute Gasteiger partial charge is 0.0212 e. The number of benzene rings is 1. The first-order valence-electron chi connectivity index (χ1n) is 3.19. The molecule has 0 amide bonds. The summed E-state index contributed by atoms with van der Waals surface area (Å²) in [4.78, 5) is 0. The van der Waals surface area contributed by atoms with E-state index >= 15 is 0 Å². The molecule has 0 spiro atoms. The van der Waals surface area contributed by atoms with E-state index in [1.807, 2.05) is 0 Å². The Morgan fingerprint density at radius 1 is 1.30 bits per heavy atom. The Balaban J connectivity index is 2.69. The third-order valence-electron chi connectivity index (χ3n) is 1.32. The summed E-state index contributed by atoms with van der Waals surface area (Å²) in [6.45, 7) is 2.12. The van der Waals surface area contributed by atoms with Gasteiger partial charge >= 0.3 is 0 Å². The van der Waals surface area contributed by atoms with E-state index in [1.54, 1.807) is 0 Å². The van der Waals surface area contributed by atoms with Crippen molar-refractivity contribution in [3.63, 3.8) is 0 Å². The van der Waals surface area contributed by atoms with Gasteiger partial charge in [-0.05, 0) is 12.2 Å². The van der Waals surface area contributed by atoms with Gasteiger partial charge in [0.1, 0.15) is 0 Å². The van der Waals surface area contributed by atoms with Crippen molar-refractivity contribution in [2.75, 3.05) is 4.17 Å². The number of halogens is 1. The minimum Gasteiger partial charge on any atom is -0.0812 e. The summed E-state index contributed by atoms with van der Waals surface area (Å²) in [6.07, 6.45) is 0. The molecule has 2 heteroatoms. The van der Waals surface area contributed by atoms with Gasteiger partial charge in [-0.2, -0.15) is 0 Å². The predicted octanol–water partition coefficient (Wildman–Crippen LogP) is 2.69. The second kappa shape index (κ2) is 4.30. The van der Waals surface area contributed by atoms with Gasteiger partial charge < -0.3 is 0 Å². The number of rotatable bonds is 2. The molecule has 1 atom stereocenters. The quantitative estimate of drug-likeness (QED) is 0.437. The maximum atomic E-state index is 2.41. The lowest BCUT2D eigenvalue weighted by Gasteiger charge is -1.96. The van der Waals surface area contributed by atoms with Gasteiger partial charge in [0, 0.05) is 4.17 Å². The molecule has 0 aliphatic heterocycles. The first-order valence-corrected chi connectivity index (χ1v) is 5.92. The molecular weight excluding hydrogens is 254 g/mol. The lowest BCUT2D eigenvalue weighted by molar-refractivity contribution is 1.49. The Labute approximate surface area is 77.3 Å². The topological polar surface area (TPSA) is 0 Å². The van der Waals surface area contributed by atoms with Crippen molar-refractivity contribution in [1.82, 2.24) is 0 Å². The van der Waals surface area contributed by atoms with E-state index in [2.05, 4.69) is 53.8 Å². The number of alkyl halides is 1. The number of aryl methyl sites for hydroxylation is 1. The van der Waals surface area contributed by atoms with Crippen LogP contribution >= 0.6 is 31.2 Å². The Morgan fingerprint density at radius 2 is 1.90 bits per heavy atom. The Bertz CT molecular complexity index is 193. The largest absolute Gasteiger partial charge is 0.0812 e. The van der Waals surface area contributed by atoms with Crippen LogP contribution in [0, 0.1) is 6.92 Å². The monoisotopic (exact) mass is 264 g/mol. The minimum absolute atomic E-state index is 0.970. The van der Waals surface area contributed by atoms with Gasteiger partial charge in [-0.3, -0.25) is 0 Å². The third-order valence-corrected chi connectivity index (χ3v) is 3.34. The van der Waals surface area contributed by atoms with Crippen molar-refractivity contribution in [3.8, 4) is 0 Å². The molecule has 0 nitrogen and oxygen atoms in total. The Hall–Kier alpha value is 0.380. The van der Waals surface area contributed by atoms with Crippen LogP contribution in [0.3, 0.4) is 0 Å². The minimum atomic E-state index is 0.970. The maximum absolute atomic E-state index is 2.41. The van der Waals surface area contributed by atoms with Crippen molar-refractivity contribution < 1.29 is 0 Å². The summed E-state index contributed by atoms with van der Waals surface area (Å²) >= 11 is 2.41. The fourth-order valence-corrected chi connectivity index (χ4v) is 2.63. The molecule has 1 unspecified atom stereocenters. The van der Waals surface area contributed by atoms with E-state index in [0.717, 1.165) is 8.58 Å². The molecule has 1 rings (SSSR count). The van der Waals surface area contributed by atoms with Crippen molar-refractivity contribution in [1.29, 1.82) is 0 Å². The van der Waals surface area contributed by atoms with Crippen LogP contribution in [0.5, 0.6) is 0 Å². The van der Waals surface area contributed by atoms with Gasteiger partial charge in [-0.1, -0.05) is 61.0 Å². The van der Waals surface area contributed by atoms with E-state index in [9.17, 15) is 0 Å². The summed E-state index contributed by atoms with van der Waals surface area (Å²) in [7, 11) is 0.970. The summed E-state index contributed by atoms with van der Waals surface area (Å²) in [5.41, 5.74) is 1.35. The number of hydrogen-bond acceptors (Lipinski definition) is 0. The van der Waals surface area contributed by atoms with Gasteiger partial charge in [0.15, 0.2) is 0 Å². The molecule has 0 saturated heterocycles. The summed E-state index contributed by atoms with van der Waals surface area (Å²) in [6, 6.07) is 8.78. The number of hydrogen-bond donors (Lipinski definition) is 0. The molecule has 0 aromatic heterocycles. The molecule has 0 radical (unpaired) electrons. The lowest BCUT2D eigenvalue weighted by atomic mass is 10.2. The van der Waals surface area contributed by atoms with Crippen LogP contribution in [0.1, 0.15) is 5.56 Å². The molecule has 54 valence electrons. The van der Waals surface area contributed by atoms with E-state index < -0.39 is 0 Å². The first kappa shape index (κ1) is 8.48. The Kier molecular flexibility index (Phi) is 3.64. The zero-order valence-electron chi connectivity index (χ0n) is 5.89. The van der Waals surface area contributed by atoms with Gasteiger partial charge in [0.05, 0.1) is 0 Å². The molecule has 0 N–H and O–H groups in total. The molecule has 0 fully saturated rings. The first-order chi connectivity index (χ1) is 4.83. The highest BCUT2D eigenvalue weighted by Crippen LogP contribution is 2.13. The fraction of sp³-hybridized carbons (Fsp3) is 0.250. The van der Waals surface area contributed by atoms with E-state index in [-0.39, 0.29) is 0 Å². The zero-order chi connectivity index (χ0) is 7.40. The molecule has 0 bridgehead atoms. The second-order valence-electron chi connectivity index (χ2n) is 2.18. The van der Waals surface area contributed by atoms with E-state index in [4.69, 9.17) is 0 Å². The fourth-order valence-electron chi connectivity index (χ4n) is 0.749. The highest BCUT2D eigenvalue weighted by atomic mass is 127. The molecule has 10 heavy (non-hydrogen) atoms. The molecule has 1 aromatic carbocycles. The van der Waals surface area contributed by atoms with Crippen LogP contribution in [-0.4, -0.2) is 4.17 Å². The highest BCUT2D eigenvalue weighted by Gasteiger charge is 1.88. The molecule has 0 saturated carbocycles. The van der Waals surface area contributed by atoms with Crippen LogP contribution in [0.2, 0.25) is 0 Å². The maximum Gasteiger partial charge on any atom is 0.0212 e. The van der Waals surface area contributed by atoms with Gasteiger partial charge in [0.25, 0.3) is 0 Å². The normalized spacial score (nSPS) is 11.0. The van der Waals surface area contributed by atoms with Gasteiger partial charge in [-0.25, -0.2) is 0 Å². The summed E-state index contributed by atoms with van der Waals surface area (Å²) in [5.74, 6) is 0. The van der Waals surface area contributed by atoms with Gasteiger partial charge in [-0.15, -0.1) is 0 Å². The molecular formula is C8H10IP. The van der Waals surface area contributed by atoms with Crippen molar-refractivity contribution >= 4 is 36.5 Å². The van der Waals surface area contributed by atoms with Crippen molar-refractivity contribution in [2.45, 2.75) is 6.92 Å². The third kappa shape index (κ3) is 2.55. The molecule has 0 aliphatic rings. The molecule has 0 heterocycles. The highest BCUT2D eigenvalue weighted by molar-refractivity contribution is 14.1. The molecule has 1 aromatic rings. The van der Waals surface area contributed by atoms with Crippen molar-refractivity contribution in [2.24, 2.45) is 0 Å².